The van der Waals surface area contributed by atoms with Crippen LogP contribution >= 0.6 is 11.6 Å². The van der Waals surface area contributed by atoms with Gasteiger partial charge in [-0.15, -0.1) is 0 Å². The standard InChI is InChI=1S/C25H30F2O4S.C19H21F2NO3S.C5H9ClO/c1-16(2)12-20(28)13-17-4-8-21(9-5-17)31-25-23(26)14-19(15-24(25)27)18-6-10-22(11-7-18)32(3,29)30;1-26(23,24)16-8-2-12(3-9-16)13-10-17(20)19(18(21)11-13)25-15-6-4-14(22)5-7-15;1-4(2)3-5(6)7/h6-7,10-11,14-17,21H,4-5,8-9,12-13H2,1-3H3;2-3,8-11,14-15H,4-7,22H2,1H3;4H,3H2,1-2H3. The number of rotatable bonds is 14. The molecule has 0 radical (unpaired) electrons. The van der Waals surface area contributed by atoms with Crippen LogP contribution in [0.3, 0.4) is 0 Å². The molecular formula is C49H60ClF4NO8S2. The predicted octanol–water partition coefficient (Wildman–Crippen LogP) is 11.5. The Balaban J connectivity index is 0.000000252. The van der Waals surface area contributed by atoms with E-state index in [1.54, 1.807) is 0 Å². The van der Waals surface area contributed by atoms with Gasteiger partial charge in [-0.2, -0.15) is 0 Å². The second-order valence-electron chi connectivity index (χ2n) is 17.8. The maximum atomic E-state index is 14.7. The van der Waals surface area contributed by atoms with E-state index in [2.05, 4.69) is 0 Å². The Morgan fingerprint density at radius 1 is 0.585 bits per heavy atom. The Labute approximate surface area is 386 Å². The molecule has 2 N–H and O–H groups in total. The fourth-order valence-corrected chi connectivity index (χ4v) is 9.21. The van der Waals surface area contributed by atoms with Gasteiger partial charge in [0.1, 0.15) is 5.78 Å². The largest absolute Gasteiger partial charge is 0.484 e. The average Bonchev–Trinajstić information content (AvgIpc) is 3.21. The summed E-state index contributed by atoms with van der Waals surface area (Å²) in [5.74, 6) is -2.55. The zero-order valence-corrected chi connectivity index (χ0v) is 40.1. The lowest BCUT2D eigenvalue weighted by molar-refractivity contribution is -0.121. The van der Waals surface area contributed by atoms with Crippen molar-refractivity contribution in [3.8, 4) is 33.8 Å². The van der Waals surface area contributed by atoms with E-state index in [-0.39, 0.29) is 50.6 Å². The molecule has 9 nitrogen and oxygen atoms in total. The molecule has 2 saturated carbocycles. The molecule has 2 aliphatic rings. The molecule has 0 aromatic heterocycles. The highest BCUT2D eigenvalue weighted by Crippen LogP contribution is 2.35. The van der Waals surface area contributed by atoms with Gasteiger partial charge in [-0.25, -0.2) is 34.4 Å². The monoisotopic (exact) mass is 965 g/mol. The van der Waals surface area contributed by atoms with Gasteiger partial charge in [-0.3, -0.25) is 9.59 Å². The summed E-state index contributed by atoms with van der Waals surface area (Å²) >= 11 is 5.03. The van der Waals surface area contributed by atoms with Crippen molar-refractivity contribution in [2.45, 2.75) is 126 Å². The molecule has 0 atom stereocenters. The summed E-state index contributed by atoms with van der Waals surface area (Å²) in [5.41, 5.74) is 7.48. The molecule has 4 aromatic carbocycles. The number of hydrogen-bond acceptors (Lipinski definition) is 9. The topological polar surface area (TPSA) is 147 Å². The van der Waals surface area contributed by atoms with Crippen LogP contribution in [0.5, 0.6) is 11.5 Å². The van der Waals surface area contributed by atoms with Gasteiger partial charge in [-0.1, -0.05) is 52.0 Å². The Hall–Kier alpha value is -4.31. The van der Waals surface area contributed by atoms with Crippen LogP contribution in [-0.2, 0) is 29.3 Å². The van der Waals surface area contributed by atoms with E-state index >= 15 is 0 Å². The third-order valence-corrected chi connectivity index (χ3v) is 13.4. The number of benzene rings is 4. The van der Waals surface area contributed by atoms with Crippen molar-refractivity contribution in [2.75, 3.05) is 12.5 Å². The summed E-state index contributed by atoms with van der Waals surface area (Å²) in [7, 11) is -6.67. The van der Waals surface area contributed by atoms with Gasteiger partial charge in [0.2, 0.25) is 5.24 Å². The highest BCUT2D eigenvalue weighted by molar-refractivity contribution is 7.91. The van der Waals surface area contributed by atoms with Crippen molar-refractivity contribution in [1.29, 1.82) is 0 Å². The predicted molar refractivity (Wildman–Crippen MR) is 246 cm³/mol. The molecule has 65 heavy (non-hydrogen) atoms. The number of ketones is 1. The molecule has 6 rings (SSSR count). The van der Waals surface area contributed by atoms with Gasteiger partial charge in [0.05, 0.1) is 22.0 Å². The van der Waals surface area contributed by atoms with E-state index in [1.165, 1.54) is 72.8 Å². The Kier molecular flexibility index (Phi) is 19.6. The van der Waals surface area contributed by atoms with Crippen LogP contribution in [-0.4, -0.2) is 58.6 Å². The third kappa shape index (κ3) is 17.1. The number of hydrogen-bond donors (Lipinski definition) is 1. The summed E-state index contributed by atoms with van der Waals surface area (Å²) < 4.78 is 116. The van der Waals surface area contributed by atoms with Crippen LogP contribution in [0.2, 0.25) is 0 Å². The molecule has 4 aromatic rings. The van der Waals surface area contributed by atoms with E-state index in [0.717, 1.165) is 38.2 Å². The zero-order chi connectivity index (χ0) is 48.2. The minimum atomic E-state index is -3.34. The molecule has 0 spiro atoms. The third-order valence-electron chi connectivity index (χ3n) is 11.0. The molecule has 16 heteroatoms. The van der Waals surface area contributed by atoms with Crippen molar-refractivity contribution in [2.24, 2.45) is 23.5 Å². The van der Waals surface area contributed by atoms with Crippen molar-refractivity contribution in [1.82, 2.24) is 0 Å². The first-order valence-corrected chi connectivity index (χ1v) is 25.9. The molecule has 0 bridgehead atoms. The lowest BCUT2D eigenvalue weighted by Gasteiger charge is -2.29. The summed E-state index contributed by atoms with van der Waals surface area (Å²) in [6.45, 7) is 7.98. The molecule has 0 heterocycles. The van der Waals surface area contributed by atoms with Gasteiger partial charge in [0.25, 0.3) is 0 Å². The van der Waals surface area contributed by atoms with Crippen LogP contribution < -0.4 is 15.2 Å². The van der Waals surface area contributed by atoms with Crippen molar-refractivity contribution in [3.05, 3.63) is 96.1 Å². The van der Waals surface area contributed by atoms with Gasteiger partial charge in [0, 0.05) is 37.8 Å². The van der Waals surface area contributed by atoms with Crippen LogP contribution in [0.1, 0.15) is 98.3 Å². The van der Waals surface area contributed by atoms with Crippen LogP contribution in [0.25, 0.3) is 22.3 Å². The molecule has 2 fully saturated rings. The fourth-order valence-electron chi connectivity index (χ4n) is 7.64. The summed E-state index contributed by atoms with van der Waals surface area (Å²) in [5, 5.41) is -0.241. The van der Waals surface area contributed by atoms with Gasteiger partial charge in [-0.05, 0) is 152 Å². The summed E-state index contributed by atoms with van der Waals surface area (Å²) in [6, 6.07) is 16.7. The number of Topliss-reactive ketones (excluding diaryl/α,β-unsaturated/α-hetero) is 1. The SMILES string of the molecule is CC(C)CC(=O)CC1CCC(Oc2c(F)cc(-c3ccc(S(C)(=O)=O)cc3)cc2F)CC1.CC(C)CC(=O)Cl.CS(=O)(=O)c1ccc(-c2cc(F)c(OC3CCC(N)CC3)c(F)c2)cc1. The second-order valence-corrected chi connectivity index (χ2v) is 22.3. The summed E-state index contributed by atoms with van der Waals surface area (Å²) in [6.07, 6.45) is 9.18. The maximum absolute atomic E-state index is 14.7. The van der Waals surface area contributed by atoms with Crippen molar-refractivity contribution < 1.29 is 53.5 Å². The zero-order valence-electron chi connectivity index (χ0n) is 37.7. The minimum Gasteiger partial charge on any atom is -0.484 e. The molecule has 0 aliphatic heterocycles. The lowest BCUT2D eigenvalue weighted by atomic mass is 9.83. The molecular weight excluding hydrogens is 906 g/mol. The van der Waals surface area contributed by atoms with Gasteiger partial charge in [0.15, 0.2) is 54.4 Å². The Morgan fingerprint density at radius 3 is 1.22 bits per heavy atom. The smallest absolute Gasteiger partial charge is 0.221 e. The number of sulfone groups is 2. The quantitative estimate of drug-likeness (QED) is 0.0963. The first-order chi connectivity index (χ1) is 30.4. The first kappa shape index (κ1) is 53.3. The van der Waals surface area contributed by atoms with E-state index in [4.69, 9.17) is 26.8 Å². The van der Waals surface area contributed by atoms with Crippen LogP contribution in [0.4, 0.5) is 17.6 Å². The fraction of sp³-hybridized carbons (Fsp3) is 0.469. The minimum absolute atomic E-state index is 0.127. The number of nitrogens with two attached hydrogens (primary N) is 1. The first-order valence-electron chi connectivity index (χ1n) is 21.8. The molecule has 356 valence electrons. The number of halogens is 5. The van der Waals surface area contributed by atoms with Crippen molar-refractivity contribution in [3.63, 3.8) is 0 Å². The second kappa shape index (κ2) is 23.9. The number of carbonyl (C=O) groups is 2. The van der Waals surface area contributed by atoms with E-state index in [9.17, 15) is 44.0 Å². The normalized spacial score (nSPS) is 18.8. The van der Waals surface area contributed by atoms with Crippen molar-refractivity contribution >= 4 is 42.3 Å². The summed E-state index contributed by atoms with van der Waals surface area (Å²) in [4.78, 5) is 22.4. The Morgan fingerprint density at radius 2 is 0.923 bits per heavy atom. The average molecular weight is 967 g/mol. The number of ether oxygens (including phenoxy) is 2. The van der Waals surface area contributed by atoms with Gasteiger partial charge < -0.3 is 15.2 Å². The maximum Gasteiger partial charge on any atom is 0.221 e. The van der Waals surface area contributed by atoms with E-state index < -0.39 is 42.9 Å². The molecule has 0 amide bonds. The van der Waals surface area contributed by atoms with Gasteiger partial charge >= 0.3 is 0 Å². The van der Waals surface area contributed by atoms with Crippen LogP contribution in [0, 0.1) is 41.0 Å². The van der Waals surface area contributed by atoms with E-state index in [1.807, 2.05) is 27.7 Å². The molecule has 0 saturated heterocycles. The molecule has 2 aliphatic carbocycles. The van der Waals surface area contributed by atoms with E-state index in [0.29, 0.717) is 85.0 Å². The number of carbonyl (C=O) groups excluding carboxylic acids is 2. The molecule has 0 unspecified atom stereocenters. The highest BCUT2D eigenvalue weighted by Gasteiger charge is 2.27. The Bertz CT molecular complexity index is 2400. The highest BCUT2D eigenvalue weighted by atomic mass is 35.5. The van der Waals surface area contributed by atoms with Crippen LogP contribution in [0.15, 0.2) is 82.6 Å². The lowest BCUT2D eigenvalue weighted by Crippen LogP contribution is -2.32.